The molecular formula is C25H16ClF2NO6S. The van der Waals surface area contributed by atoms with Gasteiger partial charge in [-0.2, -0.15) is 0 Å². The zero-order chi connectivity index (χ0) is 25.9. The molecule has 0 heterocycles. The van der Waals surface area contributed by atoms with E-state index in [1.807, 2.05) is 0 Å². The van der Waals surface area contributed by atoms with Gasteiger partial charge in [0.15, 0.2) is 11.6 Å². The lowest BCUT2D eigenvalue weighted by molar-refractivity contribution is 0.0697. The van der Waals surface area contributed by atoms with Crippen LogP contribution in [0, 0.1) is 11.6 Å². The Morgan fingerprint density at radius 1 is 0.833 bits per heavy atom. The third-order valence-corrected chi connectivity index (χ3v) is 6.48. The minimum absolute atomic E-state index is 0.0547. The highest BCUT2D eigenvalue weighted by Crippen LogP contribution is 2.32. The van der Waals surface area contributed by atoms with Crippen LogP contribution in [0.4, 0.5) is 14.5 Å². The maximum Gasteiger partial charge on any atom is 0.337 e. The highest BCUT2D eigenvalue weighted by molar-refractivity contribution is 7.92. The van der Waals surface area contributed by atoms with Crippen LogP contribution < -0.4 is 14.2 Å². The monoisotopic (exact) mass is 531 g/mol. The van der Waals surface area contributed by atoms with Crippen LogP contribution in [0.3, 0.4) is 0 Å². The summed E-state index contributed by atoms with van der Waals surface area (Å²) in [6, 6.07) is 18.1. The predicted molar refractivity (Wildman–Crippen MR) is 129 cm³/mol. The zero-order valence-corrected chi connectivity index (χ0v) is 19.7. The predicted octanol–water partition coefficient (Wildman–Crippen LogP) is 6.70. The molecule has 0 aromatic heterocycles. The van der Waals surface area contributed by atoms with E-state index < -0.39 is 44.6 Å². The number of carboxylic acids is 1. The first kappa shape index (κ1) is 25.0. The van der Waals surface area contributed by atoms with Gasteiger partial charge in [0, 0.05) is 12.1 Å². The Balaban J connectivity index is 1.57. The van der Waals surface area contributed by atoms with Gasteiger partial charge >= 0.3 is 5.97 Å². The number of anilines is 1. The summed E-state index contributed by atoms with van der Waals surface area (Å²) >= 11 is 6.05. The van der Waals surface area contributed by atoms with Gasteiger partial charge in [-0.05, 0) is 60.7 Å². The van der Waals surface area contributed by atoms with E-state index in [1.165, 1.54) is 36.4 Å². The molecule has 0 spiro atoms. The van der Waals surface area contributed by atoms with E-state index in [9.17, 15) is 27.1 Å². The molecule has 0 aliphatic rings. The second-order valence-corrected chi connectivity index (χ2v) is 9.39. The second kappa shape index (κ2) is 10.2. The van der Waals surface area contributed by atoms with E-state index >= 15 is 0 Å². The number of aromatic carboxylic acids is 1. The van der Waals surface area contributed by atoms with Crippen molar-refractivity contribution in [1.29, 1.82) is 0 Å². The molecule has 4 rings (SSSR count). The minimum Gasteiger partial charge on any atom is -0.478 e. The average molecular weight is 532 g/mol. The minimum atomic E-state index is -4.30. The Bertz CT molecular complexity index is 1530. The summed E-state index contributed by atoms with van der Waals surface area (Å²) in [7, 11) is -4.30. The molecule has 0 saturated heterocycles. The normalized spacial score (nSPS) is 11.1. The fourth-order valence-electron chi connectivity index (χ4n) is 3.07. The summed E-state index contributed by atoms with van der Waals surface area (Å²) in [6.07, 6.45) is 0. The molecule has 0 aliphatic heterocycles. The SMILES string of the molecule is O=C(O)c1cc(Oc2ccc(F)cc2)c(F)cc1NS(=O)(=O)c1ccc(Oc2ccccc2Cl)cc1. The van der Waals surface area contributed by atoms with Crippen LogP contribution in [0.15, 0.2) is 89.8 Å². The first-order valence-electron chi connectivity index (χ1n) is 10.2. The molecule has 4 aromatic rings. The third-order valence-electron chi connectivity index (χ3n) is 4.79. The molecule has 11 heteroatoms. The summed E-state index contributed by atoms with van der Waals surface area (Å²) < 4.78 is 66.5. The maximum atomic E-state index is 14.7. The molecule has 0 amide bonds. The van der Waals surface area contributed by atoms with E-state index in [4.69, 9.17) is 21.1 Å². The Labute approximate surface area is 209 Å². The zero-order valence-electron chi connectivity index (χ0n) is 18.1. The van der Waals surface area contributed by atoms with Gasteiger partial charge in [0.25, 0.3) is 10.0 Å². The molecule has 4 aromatic carbocycles. The molecule has 0 atom stereocenters. The average Bonchev–Trinajstić information content (AvgIpc) is 2.83. The van der Waals surface area contributed by atoms with Gasteiger partial charge in [0.05, 0.1) is 21.2 Å². The van der Waals surface area contributed by atoms with Crippen LogP contribution in [0.5, 0.6) is 23.0 Å². The van der Waals surface area contributed by atoms with E-state index in [0.29, 0.717) is 22.6 Å². The standard InChI is InChI=1S/C25H16ClF2NO6S/c26-20-3-1-2-4-23(20)34-17-9-11-18(12-10-17)36(32,33)29-22-14-21(28)24(13-19(22)25(30)31)35-16-7-5-15(27)6-8-16/h1-14,29H,(H,30,31). The number of benzene rings is 4. The third kappa shape index (κ3) is 5.73. The molecule has 0 aliphatic carbocycles. The first-order valence-corrected chi connectivity index (χ1v) is 12.0. The van der Waals surface area contributed by atoms with Gasteiger partial charge in [-0.25, -0.2) is 22.0 Å². The molecule has 0 bridgehead atoms. The Hall–Kier alpha value is -4.15. The molecular weight excluding hydrogens is 516 g/mol. The summed E-state index contributed by atoms with van der Waals surface area (Å²) in [5.41, 5.74) is -1.07. The molecule has 0 unspecified atom stereocenters. The number of halogens is 3. The lowest BCUT2D eigenvalue weighted by Crippen LogP contribution is -2.16. The first-order chi connectivity index (χ1) is 17.1. The number of sulfonamides is 1. The van der Waals surface area contributed by atoms with Gasteiger partial charge in [0.1, 0.15) is 23.1 Å². The summed E-state index contributed by atoms with van der Waals surface area (Å²) in [6.45, 7) is 0. The molecule has 36 heavy (non-hydrogen) atoms. The quantitative estimate of drug-likeness (QED) is 0.262. The highest BCUT2D eigenvalue weighted by Gasteiger charge is 2.22. The van der Waals surface area contributed by atoms with Gasteiger partial charge in [-0.15, -0.1) is 0 Å². The van der Waals surface area contributed by atoms with E-state index in [1.54, 1.807) is 24.3 Å². The van der Waals surface area contributed by atoms with Crippen molar-refractivity contribution in [3.05, 3.63) is 107 Å². The van der Waals surface area contributed by atoms with Gasteiger partial charge in [-0.3, -0.25) is 4.72 Å². The summed E-state index contributed by atoms with van der Waals surface area (Å²) in [5.74, 6) is -2.85. The number of carboxylic acid groups (broad SMARTS) is 1. The van der Waals surface area contributed by atoms with Crippen molar-refractivity contribution in [2.75, 3.05) is 4.72 Å². The molecule has 0 radical (unpaired) electrons. The largest absolute Gasteiger partial charge is 0.478 e. The van der Waals surface area contributed by atoms with Crippen molar-refractivity contribution < 1.29 is 36.6 Å². The maximum absolute atomic E-state index is 14.7. The smallest absolute Gasteiger partial charge is 0.337 e. The number of nitrogens with one attached hydrogen (secondary N) is 1. The van der Waals surface area contributed by atoms with Gasteiger partial charge in [0.2, 0.25) is 0 Å². The van der Waals surface area contributed by atoms with Crippen LogP contribution in [-0.4, -0.2) is 19.5 Å². The van der Waals surface area contributed by atoms with E-state index in [2.05, 4.69) is 4.72 Å². The Morgan fingerprint density at radius 2 is 1.42 bits per heavy atom. The fourth-order valence-corrected chi connectivity index (χ4v) is 4.31. The fraction of sp³-hybridized carbons (Fsp3) is 0. The van der Waals surface area contributed by atoms with Crippen molar-refractivity contribution >= 4 is 33.3 Å². The van der Waals surface area contributed by atoms with Crippen molar-refractivity contribution in [2.45, 2.75) is 4.90 Å². The number of hydrogen-bond donors (Lipinski definition) is 2. The van der Waals surface area contributed by atoms with Crippen molar-refractivity contribution in [2.24, 2.45) is 0 Å². The van der Waals surface area contributed by atoms with E-state index in [0.717, 1.165) is 18.2 Å². The number of carbonyl (C=O) groups is 1. The summed E-state index contributed by atoms with van der Waals surface area (Å²) in [4.78, 5) is 11.5. The molecule has 2 N–H and O–H groups in total. The number of para-hydroxylation sites is 1. The van der Waals surface area contributed by atoms with Crippen LogP contribution in [0.1, 0.15) is 10.4 Å². The van der Waals surface area contributed by atoms with Crippen molar-refractivity contribution in [3.63, 3.8) is 0 Å². The van der Waals surface area contributed by atoms with Crippen LogP contribution in [0.2, 0.25) is 5.02 Å². The van der Waals surface area contributed by atoms with Crippen molar-refractivity contribution in [1.82, 2.24) is 0 Å². The van der Waals surface area contributed by atoms with Crippen LogP contribution >= 0.6 is 11.6 Å². The Morgan fingerprint density at radius 3 is 2.03 bits per heavy atom. The lowest BCUT2D eigenvalue weighted by Gasteiger charge is -2.14. The second-order valence-electron chi connectivity index (χ2n) is 7.30. The Kier molecular flexibility index (Phi) is 7.09. The number of hydrogen-bond acceptors (Lipinski definition) is 5. The van der Waals surface area contributed by atoms with Gasteiger partial charge in [-0.1, -0.05) is 23.7 Å². The summed E-state index contributed by atoms with van der Waals surface area (Å²) in [5, 5.41) is 9.93. The number of ether oxygens (including phenoxy) is 2. The molecule has 0 saturated carbocycles. The molecule has 184 valence electrons. The van der Waals surface area contributed by atoms with E-state index in [-0.39, 0.29) is 10.6 Å². The van der Waals surface area contributed by atoms with Crippen molar-refractivity contribution in [3.8, 4) is 23.0 Å². The lowest BCUT2D eigenvalue weighted by atomic mass is 10.1. The highest BCUT2D eigenvalue weighted by atomic mass is 35.5. The molecule has 0 fully saturated rings. The molecule has 7 nitrogen and oxygen atoms in total. The van der Waals surface area contributed by atoms with Crippen LogP contribution in [-0.2, 0) is 10.0 Å². The number of rotatable bonds is 8. The van der Waals surface area contributed by atoms with Gasteiger partial charge < -0.3 is 14.6 Å². The van der Waals surface area contributed by atoms with Crippen LogP contribution in [0.25, 0.3) is 0 Å². The topological polar surface area (TPSA) is 102 Å².